The zero-order chi connectivity index (χ0) is 14.5. The number of carboxylic acid groups (broad SMARTS) is 1. The van der Waals surface area contributed by atoms with Crippen molar-refractivity contribution in [2.24, 2.45) is 0 Å². The zero-order valence-corrected chi connectivity index (χ0v) is 12.3. The van der Waals surface area contributed by atoms with Crippen molar-refractivity contribution in [3.63, 3.8) is 0 Å². The summed E-state index contributed by atoms with van der Waals surface area (Å²) in [6.07, 6.45) is 4.28. The molecule has 2 N–H and O–H groups in total. The van der Waals surface area contributed by atoms with Crippen LogP contribution >= 0.6 is 22.6 Å². The first-order chi connectivity index (χ1) is 9.56. The molecule has 1 aromatic heterocycles. The molecule has 6 heteroatoms. The van der Waals surface area contributed by atoms with Crippen molar-refractivity contribution in [2.45, 2.75) is 0 Å². The first kappa shape index (κ1) is 14.3. The Bertz CT molecular complexity index is 662. The van der Waals surface area contributed by atoms with Gasteiger partial charge in [-0.05, 0) is 59.0 Å². The van der Waals surface area contributed by atoms with E-state index in [0.29, 0.717) is 5.76 Å². The molecule has 0 fully saturated rings. The van der Waals surface area contributed by atoms with Gasteiger partial charge in [-0.2, -0.15) is 0 Å². The molecule has 1 aromatic carbocycles. The van der Waals surface area contributed by atoms with E-state index in [9.17, 15) is 9.59 Å². The number of hydrogen-bond donors (Lipinski definition) is 2. The average molecular weight is 383 g/mol. The number of nitrogens with one attached hydrogen (secondary N) is 1. The molecule has 20 heavy (non-hydrogen) atoms. The van der Waals surface area contributed by atoms with Crippen LogP contribution in [0, 0.1) is 3.57 Å². The maximum Gasteiger partial charge on any atom is 0.337 e. The number of carboxylic acids is 1. The van der Waals surface area contributed by atoms with Crippen LogP contribution in [0.3, 0.4) is 0 Å². The van der Waals surface area contributed by atoms with E-state index in [1.54, 1.807) is 24.3 Å². The lowest BCUT2D eigenvalue weighted by atomic mass is 10.2. The summed E-state index contributed by atoms with van der Waals surface area (Å²) < 4.78 is 5.83. The molecule has 2 aromatic rings. The van der Waals surface area contributed by atoms with Crippen LogP contribution < -0.4 is 5.32 Å². The van der Waals surface area contributed by atoms with Gasteiger partial charge in [-0.3, -0.25) is 4.79 Å². The van der Waals surface area contributed by atoms with Gasteiger partial charge >= 0.3 is 5.97 Å². The smallest absolute Gasteiger partial charge is 0.337 e. The molecular weight excluding hydrogens is 373 g/mol. The number of carbonyl (C=O) groups excluding carboxylic acids is 1. The van der Waals surface area contributed by atoms with Crippen LogP contribution in [0.5, 0.6) is 0 Å². The lowest BCUT2D eigenvalue weighted by Gasteiger charge is -2.06. The molecule has 0 aliphatic carbocycles. The lowest BCUT2D eigenvalue weighted by Crippen LogP contribution is -2.12. The zero-order valence-electron chi connectivity index (χ0n) is 10.2. The molecular formula is C14H10INO4. The highest BCUT2D eigenvalue weighted by molar-refractivity contribution is 14.1. The molecule has 0 bridgehead atoms. The van der Waals surface area contributed by atoms with Crippen molar-refractivity contribution < 1.29 is 19.1 Å². The molecule has 0 saturated carbocycles. The van der Waals surface area contributed by atoms with Crippen molar-refractivity contribution in [2.75, 3.05) is 5.32 Å². The SMILES string of the molecule is O=C(/C=C/c1ccco1)Nc1ccc(I)cc1C(=O)O. The molecule has 2 rings (SSSR count). The fraction of sp³-hybridized carbons (Fsp3) is 0. The van der Waals surface area contributed by atoms with E-state index in [1.165, 1.54) is 24.5 Å². The highest BCUT2D eigenvalue weighted by atomic mass is 127. The van der Waals surface area contributed by atoms with E-state index in [0.717, 1.165) is 3.57 Å². The van der Waals surface area contributed by atoms with E-state index in [-0.39, 0.29) is 11.3 Å². The molecule has 0 spiro atoms. The minimum absolute atomic E-state index is 0.0525. The van der Waals surface area contributed by atoms with E-state index in [1.807, 2.05) is 22.6 Å². The van der Waals surface area contributed by atoms with Crippen molar-refractivity contribution in [1.29, 1.82) is 0 Å². The summed E-state index contributed by atoms with van der Waals surface area (Å²) in [5, 5.41) is 11.6. The number of amides is 1. The van der Waals surface area contributed by atoms with Crippen LogP contribution in [-0.4, -0.2) is 17.0 Å². The highest BCUT2D eigenvalue weighted by Gasteiger charge is 2.11. The van der Waals surface area contributed by atoms with Crippen molar-refractivity contribution in [1.82, 2.24) is 0 Å². The van der Waals surface area contributed by atoms with Gasteiger partial charge in [-0.1, -0.05) is 0 Å². The van der Waals surface area contributed by atoms with Gasteiger partial charge in [0, 0.05) is 9.65 Å². The molecule has 102 valence electrons. The largest absolute Gasteiger partial charge is 0.478 e. The third-order valence-corrected chi connectivity index (χ3v) is 3.08. The van der Waals surface area contributed by atoms with Crippen molar-refractivity contribution in [3.8, 4) is 0 Å². The summed E-state index contributed by atoms with van der Waals surface area (Å²) in [6, 6.07) is 8.19. The van der Waals surface area contributed by atoms with Crippen LogP contribution in [0.4, 0.5) is 5.69 Å². The predicted molar refractivity (Wildman–Crippen MR) is 82.5 cm³/mol. The number of aromatic carboxylic acids is 1. The van der Waals surface area contributed by atoms with Crippen molar-refractivity contribution >= 4 is 46.2 Å². The van der Waals surface area contributed by atoms with E-state index >= 15 is 0 Å². The number of furan rings is 1. The van der Waals surface area contributed by atoms with Crippen LogP contribution in [0.25, 0.3) is 6.08 Å². The fourth-order valence-corrected chi connectivity index (χ4v) is 2.01. The predicted octanol–water partition coefficient (Wildman–Crippen LogP) is 3.23. The van der Waals surface area contributed by atoms with E-state index in [4.69, 9.17) is 9.52 Å². The molecule has 0 atom stereocenters. The van der Waals surface area contributed by atoms with Gasteiger partial charge in [0.1, 0.15) is 5.76 Å². The van der Waals surface area contributed by atoms with E-state index in [2.05, 4.69) is 5.32 Å². The Morgan fingerprint density at radius 3 is 2.75 bits per heavy atom. The number of carbonyl (C=O) groups is 2. The highest BCUT2D eigenvalue weighted by Crippen LogP contribution is 2.19. The summed E-state index contributed by atoms with van der Waals surface area (Å²) in [7, 11) is 0. The molecule has 1 heterocycles. The minimum atomic E-state index is -1.09. The Kier molecular flexibility index (Phi) is 4.57. The van der Waals surface area contributed by atoms with Gasteiger partial charge in [-0.25, -0.2) is 4.79 Å². The molecule has 0 aliphatic heterocycles. The Morgan fingerprint density at radius 2 is 2.10 bits per heavy atom. The van der Waals surface area contributed by atoms with Crippen LogP contribution in [0.15, 0.2) is 47.1 Å². The maximum atomic E-state index is 11.7. The molecule has 0 unspecified atom stereocenters. The second-order valence-corrected chi connectivity index (χ2v) is 5.08. The Hall–Kier alpha value is -2.09. The van der Waals surface area contributed by atoms with Gasteiger partial charge in [0.25, 0.3) is 0 Å². The minimum Gasteiger partial charge on any atom is -0.478 e. The summed E-state index contributed by atoms with van der Waals surface area (Å²) in [5.41, 5.74) is 0.309. The number of halogens is 1. The van der Waals surface area contributed by atoms with Crippen LogP contribution in [0.2, 0.25) is 0 Å². The van der Waals surface area contributed by atoms with Crippen LogP contribution in [-0.2, 0) is 4.79 Å². The summed E-state index contributed by atoms with van der Waals surface area (Å²) in [6.45, 7) is 0. The fourth-order valence-electron chi connectivity index (χ4n) is 1.52. The Labute approximate surface area is 128 Å². The quantitative estimate of drug-likeness (QED) is 0.628. The summed E-state index contributed by atoms with van der Waals surface area (Å²) in [4.78, 5) is 22.8. The maximum absolute atomic E-state index is 11.7. The summed E-state index contributed by atoms with van der Waals surface area (Å²) in [5.74, 6) is -0.972. The number of hydrogen-bond acceptors (Lipinski definition) is 3. The molecule has 5 nitrogen and oxygen atoms in total. The number of anilines is 1. The molecule has 0 radical (unpaired) electrons. The van der Waals surface area contributed by atoms with E-state index < -0.39 is 11.9 Å². The topological polar surface area (TPSA) is 79.5 Å². The van der Waals surface area contributed by atoms with Crippen molar-refractivity contribution in [3.05, 3.63) is 57.6 Å². The standard InChI is InChI=1S/C14H10INO4/c15-9-3-5-12(11(8-9)14(18)19)16-13(17)6-4-10-2-1-7-20-10/h1-8H,(H,16,17)(H,18,19)/b6-4+. The third-order valence-electron chi connectivity index (χ3n) is 2.41. The first-order valence-electron chi connectivity index (χ1n) is 5.61. The van der Waals surface area contributed by atoms with Gasteiger partial charge < -0.3 is 14.8 Å². The Balaban J connectivity index is 2.13. The van der Waals surface area contributed by atoms with Gasteiger partial charge in [0.05, 0.1) is 17.5 Å². The van der Waals surface area contributed by atoms with Gasteiger partial charge in [-0.15, -0.1) is 0 Å². The average Bonchev–Trinajstić information content (AvgIpc) is 2.91. The van der Waals surface area contributed by atoms with Gasteiger partial charge in [0.15, 0.2) is 0 Å². The second-order valence-electron chi connectivity index (χ2n) is 3.83. The normalized spacial score (nSPS) is 10.7. The number of rotatable bonds is 4. The number of benzene rings is 1. The monoisotopic (exact) mass is 383 g/mol. The van der Waals surface area contributed by atoms with Gasteiger partial charge in [0.2, 0.25) is 5.91 Å². The lowest BCUT2D eigenvalue weighted by molar-refractivity contribution is -0.111. The Morgan fingerprint density at radius 1 is 1.30 bits per heavy atom. The second kappa shape index (κ2) is 6.38. The summed E-state index contributed by atoms with van der Waals surface area (Å²) >= 11 is 2.01. The van der Waals surface area contributed by atoms with Crippen LogP contribution in [0.1, 0.15) is 16.1 Å². The molecule has 0 saturated heterocycles. The first-order valence-corrected chi connectivity index (χ1v) is 6.69. The third kappa shape index (κ3) is 3.70. The molecule has 0 aliphatic rings. The molecule has 1 amide bonds.